The minimum Gasteiger partial charge on any atom is -0.354 e. The van der Waals surface area contributed by atoms with Crippen LogP contribution in [-0.2, 0) is 9.90 Å². The Morgan fingerprint density at radius 2 is 1.90 bits per heavy atom. The number of aromatic nitrogens is 1. The van der Waals surface area contributed by atoms with E-state index in [-0.39, 0.29) is 22.3 Å². The zero-order chi connectivity index (χ0) is 15.0. The lowest BCUT2D eigenvalue weighted by Gasteiger charge is -2.02. The zero-order valence-electron chi connectivity index (χ0n) is 11.0. The van der Waals surface area contributed by atoms with E-state index in [1.54, 1.807) is 18.2 Å². The van der Waals surface area contributed by atoms with Gasteiger partial charge < -0.3 is 9.84 Å². The van der Waals surface area contributed by atoms with Crippen LogP contribution in [0, 0.1) is 0 Å². The topological polar surface area (TPSA) is 75.0 Å². The van der Waals surface area contributed by atoms with Gasteiger partial charge in [-0.2, -0.15) is 0 Å². The van der Waals surface area contributed by atoms with Crippen LogP contribution in [0.2, 0.25) is 5.02 Å². The summed E-state index contributed by atoms with van der Waals surface area (Å²) in [6.07, 6.45) is 0. The van der Waals surface area contributed by atoms with Gasteiger partial charge in [0.1, 0.15) is 10.7 Å². The molecule has 0 aliphatic heterocycles. The first-order chi connectivity index (χ1) is 10.1. The van der Waals surface area contributed by atoms with Crippen LogP contribution in [0.3, 0.4) is 0 Å². The van der Waals surface area contributed by atoms with Crippen molar-refractivity contribution in [1.82, 2.24) is 5.16 Å². The highest BCUT2D eigenvalue weighted by molar-refractivity contribution is 6.36. The van der Waals surface area contributed by atoms with E-state index in [0.717, 1.165) is 5.56 Å². The highest BCUT2D eigenvalue weighted by atomic mass is 35.5. The number of carbonyl (C=O) groups excluding carboxylic acids is 1. The summed E-state index contributed by atoms with van der Waals surface area (Å²) in [4.78, 5) is 11.0. The molecule has 3 aromatic rings. The number of carbonyl (C=O) groups is 1. The Hall–Kier alpha value is -2.53. The molecule has 21 heavy (non-hydrogen) atoms. The Bertz CT molecular complexity index is 825. The minimum atomic E-state index is -0.298. The normalized spacial score (nSPS) is 10.8. The van der Waals surface area contributed by atoms with E-state index in [1.165, 1.54) is 13.0 Å². The average Bonchev–Trinajstić information content (AvgIpc) is 2.88. The monoisotopic (exact) mass is 301 g/mol. The van der Waals surface area contributed by atoms with E-state index in [0.29, 0.717) is 16.8 Å². The molecule has 0 atom stereocenters. The highest BCUT2D eigenvalue weighted by Crippen LogP contribution is 2.37. The Kier molecular flexibility index (Phi) is 3.27. The molecule has 5 nitrogen and oxygen atoms in total. The molecule has 0 aliphatic rings. The van der Waals surface area contributed by atoms with E-state index < -0.39 is 0 Å². The van der Waals surface area contributed by atoms with Crippen LogP contribution in [0.1, 0.15) is 6.92 Å². The largest absolute Gasteiger partial charge is 0.354 e. The summed E-state index contributed by atoms with van der Waals surface area (Å²) in [7, 11) is 0. The molecule has 0 unspecified atom stereocenters. The van der Waals surface area contributed by atoms with E-state index in [4.69, 9.17) is 16.1 Å². The lowest BCUT2D eigenvalue weighted by atomic mass is 10.1. The van der Waals surface area contributed by atoms with Crippen molar-refractivity contribution in [3.63, 3.8) is 0 Å². The molecule has 0 saturated heterocycles. The smallest absolute Gasteiger partial charge is 0.221 e. The lowest BCUT2D eigenvalue weighted by molar-refractivity contribution is -0.114. The molecule has 1 aromatic heterocycles. The fourth-order valence-electron chi connectivity index (χ4n) is 2.08. The van der Waals surface area contributed by atoms with Crippen LogP contribution < -0.4 is 5.32 Å². The SMILES string of the molecule is CC(=O)Nc1ccc(-c2noc3c(Cl)c([O])ccc23)cc1. The molecule has 1 radical (unpaired) electrons. The van der Waals surface area contributed by atoms with Gasteiger partial charge in [0.15, 0.2) is 5.58 Å². The molecule has 1 N–H and O–H groups in total. The Balaban J connectivity index is 2.04. The summed E-state index contributed by atoms with van der Waals surface area (Å²) in [5.74, 6) is -0.433. The molecule has 0 saturated carbocycles. The second kappa shape index (κ2) is 5.10. The number of halogens is 1. The van der Waals surface area contributed by atoms with E-state index in [9.17, 15) is 9.90 Å². The van der Waals surface area contributed by atoms with Crippen LogP contribution in [0.5, 0.6) is 5.75 Å². The van der Waals surface area contributed by atoms with Gasteiger partial charge >= 0.3 is 0 Å². The van der Waals surface area contributed by atoms with Gasteiger partial charge in [-0.25, -0.2) is 0 Å². The minimum absolute atomic E-state index is 0.0288. The summed E-state index contributed by atoms with van der Waals surface area (Å²) in [6, 6.07) is 10.2. The number of rotatable bonds is 2. The summed E-state index contributed by atoms with van der Waals surface area (Å²) < 4.78 is 5.16. The Morgan fingerprint density at radius 1 is 1.19 bits per heavy atom. The number of nitrogens with one attached hydrogen (secondary N) is 1. The molecule has 6 heteroatoms. The Labute approximate surface area is 125 Å². The number of fused-ring (bicyclic) bond motifs is 1. The first kappa shape index (κ1) is 13.5. The predicted octanol–water partition coefficient (Wildman–Crippen LogP) is 4.25. The molecule has 2 aromatic carbocycles. The molecular weight excluding hydrogens is 292 g/mol. The van der Waals surface area contributed by atoms with Crippen LogP contribution in [0.25, 0.3) is 22.2 Å². The summed E-state index contributed by atoms with van der Waals surface area (Å²) in [6.45, 7) is 1.45. The van der Waals surface area contributed by atoms with E-state index in [2.05, 4.69) is 10.5 Å². The maximum absolute atomic E-state index is 11.5. The van der Waals surface area contributed by atoms with Crippen molar-refractivity contribution in [2.45, 2.75) is 6.92 Å². The third-order valence-corrected chi connectivity index (χ3v) is 3.38. The first-order valence-electron chi connectivity index (χ1n) is 6.19. The number of amides is 1. The second-order valence-electron chi connectivity index (χ2n) is 4.54. The molecular formula is C15H10ClN2O3. The van der Waals surface area contributed by atoms with Crippen molar-refractivity contribution < 1.29 is 14.4 Å². The number of anilines is 1. The number of hydrogen-bond donors (Lipinski definition) is 1. The molecule has 1 heterocycles. The van der Waals surface area contributed by atoms with Crippen molar-refractivity contribution in [3.05, 3.63) is 41.4 Å². The zero-order valence-corrected chi connectivity index (χ0v) is 11.8. The molecule has 1 amide bonds. The van der Waals surface area contributed by atoms with Crippen LogP contribution >= 0.6 is 11.6 Å². The number of nitrogens with zero attached hydrogens (tertiary/aromatic N) is 1. The van der Waals surface area contributed by atoms with Gasteiger partial charge in [-0.05, 0) is 24.3 Å². The molecule has 0 fully saturated rings. The predicted molar refractivity (Wildman–Crippen MR) is 78.9 cm³/mol. The van der Waals surface area contributed by atoms with Gasteiger partial charge in [-0.1, -0.05) is 28.9 Å². The summed E-state index contributed by atoms with van der Waals surface area (Å²) >= 11 is 5.92. The van der Waals surface area contributed by atoms with Gasteiger partial charge in [-0.15, -0.1) is 0 Å². The van der Waals surface area contributed by atoms with Gasteiger partial charge in [0.2, 0.25) is 11.7 Å². The van der Waals surface area contributed by atoms with Crippen molar-refractivity contribution in [3.8, 4) is 17.0 Å². The Morgan fingerprint density at radius 3 is 2.57 bits per heavy atom. The van der Waals surface area contributed by atoms with Crippen LogP contribution in [0.4, 0.5) is 5.69 Å². The first-order valence-corrected chi connectivity index (χ1v) is 6.57. The fraction of sp³-hybridized carbons (Fsp3) is 0.0667. The van der Waals surface area contributed by atoms with E-state index >= 15 is 0 Å². The highest BCUT2D eigenvalue weighted by Gasteiger charge is 2.16. The number of hydrogen-bond acceptors (Lipinski definition) is 3. The van der Waals surface area contributed by atoms with Gasteiger partial charge in [0.05, 0.1) is 5.39 Å². The molecule has 0 spiro atoms. The van der Waals surface area contributed by atoms with Crippen LogP contribution in [0.15, 0.2) is 40.9 Å². The summed E-state index contributed by atoms with van der Waals surface area (Å²) in [5, 5.41) is 18.8. The fourth-order valence-corrected chi connectivity index (χ4v) is 2.28. The summed E-state index contributed by atoms with van der Waals surface area (Å²) in [5.41, 5.74) is 2.38. The van der Waals surface area contributed by atoms with Crippen molar-refractivity contribution in [1.29, 1.82) is 0 Å². The van der Waals surface area contributed by atoms with Gasteiger partial charge in [-0.3, -0.25) is 9.90 Å². The van der Waals surface area contributed by atoms with Crippen molar-refractivity contribution >= 4 is 34.2 Å². The third-order valence-electron chi connectivity index (χ3n) is 3.02. The lowest BCUT2D eigenvalue weighted by Crippen LogP contribution is -2.05. The van der Waals surface area contributed by atoms with Crippen LogP contribution in [-0.4, -0.2) is 11.1 Å². The van der Waals surface area contributed by atoms with E-state index in [1.807, 2.05) is 12.1 Å². The molecule has 0 aliphatic carbocycles. The average molecular weight is 302 g/mol. The number of benzene rings is 2. The van der Waals surface area contributed by atoms with Crippen molar-refractivity contribution in [2.24, 2.45) is 0 Å². The standard InChI is InChI=1S/C15H10ClN2O3/c1-8(19)17-10-4-2-9(3-5-10)14-11-6-7-12(20)13(16)15(11)21-18-14/h2-7H,1H3,(H,17,19). The maximum Gasteiger partial charge on any atom is 0.221 e. The van der Waals surface area contributed by atoms with Crippen molar-refractivity contribution in [2.75, 3.05) is 5.32 Å². The molecule has 3 rings (SSSR count). The maximum atomic E-state index is 11.5. The quantitative estimate of drug-likeness (QED) is 0.768. The third kappa shape index (κ3) is 2.43. The van der Waals surface area contributed by atoms with Gasteiger partial charge in [0, 0.05) is 18.2 Å². The molecule has 105 valence electrons. The second-order valence-corrected chi connectivity index (χ2v) is 4.92. The molecule has 0 bridgehead atoms. The van der Waals surface area contributed by atoms with Gasteiger partial charge in [0.25, 0.3) is 0 Å².